The van der Waals surface area contributed by atoms with E-state index in [1.54, 1.807) is 11.6 Å². The molecule has 4 N–H and O–H groups in total. The molecule has 3 aromatic rings. The molecule has 2 unspecified atom stereocenters. The zero-order chi connectivity index (χ0) is 23.0. The molecule has 0 bridgehead atoms. The third kappa shape index (κ3) is 4.59. The Balaban J connectivity index is 1.66. The number of nitrogens with two attached hydrogens (primary N) is 1. The van der Waals surface area contributed by atoms with E-state index < -0.39 is 42.2 Å². The van der Waals surface area contributed by atoms with Crippen LogP contribution in [-0.4, -0.2) is 67.7 Å². The van der Waals surface area contributed by atoms with Crippen LogP contribution < -0.4 is 5.73 Å². The van der Waals surface area contributed by atoms with E-state index in [-0.39, 0.29) is 10.0 Å². The van der Waals surface area contributed by atoms with E-state index in [9.17, 15) is 14.6 Å². The third-order valence-corrected chi connectivity index (χ3v) is 7.25. The molecule has 172 valence electrons. The van der Waals surface area contributed by atoms with Crippen LogP contribution in [0.3, 0.4) is 0 Å². The molecule has 3 heterocycles. The normalized spacial score (nSPS) is 25.9. The van der Waals surface area contributed by atoms with Gasteiger partial charge >= 0.3 is 0 Å². The predicted molar refractivity (Wildman–Crippen MR) is 119 cm³/mol. The summed E-state index contributed by atoms with van der Waals surface area (Å²) < 4.78 is 26.8. The number of nitrogens with zero attached hydrogens (tertiary/aromatic N) is 4. The summed E-state index contributed by atoms with van der Waals surface area (Å²) in [6.45, 7) is -0.444. The average Bonchev–Trinajstić information content (AvgIpc) is 3.41. The molecule has 0 saturated carbocycles. The van der Waals surface area contributed by atoms with Gasteiger partial charge in [0.15, 0.2) is 10.9 Å². The monoisotopic (exact) mass is 521 g/mol. The number of thioether (sulfide) groups is 1. The number of benzene rings is 1. The number of aliphatic hydroxyl groups is 2. The quantitative estimate of drug-likeness (QED) is 0.419. The highest BCUT2D eigenvalue weighted by molar-refractivity contribution is 7.99. The first-order valence-corrected chi connectivity index (χ1v) is 11.8. The molecule has 1 aliphatic rings. The summed E-state index contributed by atoms with van der Waals surface area (Å²) >= 11 is 14.3. The zero-order valence-electron chi connectivity index (χ0n) is 16.4. The van der Waals surface area contributed by atoms with Crippen LogP contribution in [-0.2, 0) is 9.47 Å². The molecule has 4 rings (SSSR count). The lowest BCUT2D eigenvalue weighted by Gasteiger charge is -2.43. The van der Waals surface area contributed by atoms with Crippen LogP contribution in [0.5, 0.6) is 0 Å². The number of nitrogen functional groups attached to an aromatic ring is 1. The Labute approximate surface area is 200 Å². The minimum atomic E-state index is -1.16. The summed E-state index contributed by atoms with van der Waals surface area (Å²) in [5.41, 5.74) is 5.99. The fraction of sp³-hybridized carbons (Fsp3) is 0.389. The van der Waals surface area contributed by atoms with Crippen LogP contribution in [0.4, 0.5) is 9.52 Å². The van der Waals surface area contributed by atoms with Crippen molar-refractivity contribution in [2.45, 2.75) is 34.7 Å². The van der Waals surface area contributed by atoms with E-state index in [1.807, 2.05) is 0 Å². The lowest BCUT2D eigenvalue weighted by atomic mass is 9.97. The summed E-state index contributed by atoms with van der Waals surface area (Å²) in [7, 11) is 1.46. The minimum Gasteiger partial charge on any atom is -0.394 e. The van der Waals surface area contributed by atoms with Crippen molar-refractivity contribution in [2.75, 3.05) is 19.5 Å². The summed E-state index contributed by atoms with van der Waals surface area (Å²) in [5.74, 6) is -0.718. The van der Waals surface area contributed by atoms with Crippen molar-refractivity contribution in [2.24, 2.45) is 0 Å². The average molecular weight is 522 g/mol. The van der Waals surface area contributed by atoms with Gasteiger partial charge in [-0.25, -0.2) is 14.1 Å². The lowest BCUT2D eigenvalue weighted by molar-refractivity contribution is -0.186. The number of hydrogen-bond acceptors (Lipinski definition) is 10. The first-order valence-electron chi connectivity index (χ1n) is 9.24. The van der Waals surface area contributed by atoms with Gasteiger partial charge in [-0.05, 0) is 12.1 Å². The highest BCUT2D eigenvalue weighted by atomic mass is 35.5. The molecular formula is C18H18Cl2FN5O4S2. The first kappa shape index (κ1) is 23.6. The number of aliphatic hydroxyl groups excluding tert-OH is 2. The van der Waals surface area contributed by atoms with Gasteiger partial charge in [0.2, 0.25) is 0 Å². The van der Waals surface area contributed by atoms with Crippen molar-refractivity contribution in [3.8, 4) is 11.4 Å². The number of methoxy groups -OCH3 is 1. The van der Waals surface area contributed by atoms with Crippen molar-refractivity contribution >= 4 is 51.4 Å². The number of ether oxygens (including phenoxy) is 2. The van der Waals surface area contributed by atoms with Crippen molar-refractivity contribution in [1.29, 1.82) is 0 Å². The Bertz CT molecular complexity index is 1080. The van der Waals surface area contributed by atoms with Crippen LogP contribution in [0.25, 0.3) is 11.4 Å². The molecule has 9 nitrogen and oxygen atoms in total. The van der Waals surface area contributed by atoms with Gasteiger partial charge in [0.05, 0.1) is 22.8 Å². The van der Waals surface area contributed by atoms with Gasteiger partial charge in [-0.1, -0.05) is 40.2 Å². The molecule has 1 aliphatic heterocycles. The van der Waals surface area contributed by atoms with Crippen LogP contribution in [0.1, 0.15) is 6.04 Å². The van der Waals surface area contributed by atoms with E-state index in [2.05, 4.69) is 15.3 Å². The van der Waals surface area contributed by atoms with Crippen molar-refractivity contribution in [1.82, 2.24) is 20.0 Å². The van der Waals surface area contributed by atoms with E-state index in [1.165, 1.54) is 47.0 Å². The number of anilines is 1. The summed E-state index contributed by atoms with van der Waals surface area (Å²) in [4.78, 5) is 4.71. The molecule has 0 amide bonds. The maximum Gasteiger partial charge on any atom is 0.180 e. The largest absolute Gasteiger partial charge is 0.394 e. The number of hydrogen-bond donors (Lipinski definition) is 3. The van der Waals surface area contributed by atoms with Crippen LogP contribution in [0.2, 0.25) is 10.0 Å². The van der Waals surface area contributed by atoms with Crippen LogP contribution in [0, 0.1) is 5.82 Å². The molecule has 0 spiro atoms. The molecule has 1 aromatic carbocycles. The fourth-order valence-electron chi connectivity index (χ4n) is 3.39. The van der Waals surface area contributed by atoms with Gasteiger partial charge < -0.3 is 25.4 Å². The molecule has 2 aromatic heterocycles. The molecule has 0 radical (unpaired) electrons. The first-order chi connectivity index (χ1) is 15.3. The maximum absolute atomic E-state index is 13.8. The van der Waals surface area contributed by atoms with Crippen molar-refractivity contribution in [3.63, 3.8) is 0 Å². The van der Waals surface area contributed by atoms with Gasteiger partial charge in [-0.15, -0.1) is 16.4 Å². The Morgan fingerprint density at radius 1 is 1.34 bits per heavy atom. The van der Waals surface area contributed by atoms with Gasteiger partial charge in [-0.2, -0.15) is 0 Å². The van der Waals surface area contributed by atoms with Crippen LogP contribution >= 0.6 is 46.3 Å². The highest BCUT2D eigenvalue weighted by Crippen LogP contribution is 2.41. The number of halogens is 3. The Morgan fingerprint density at radius 2 is 2.06 bits per heavy atom. The second kappa shape index (κ2) is 9.77. The number of rotatable bonds is 6. The SMILES string of the molecule is COC1[C@@H](Sc2cc(Cl)c(F)c(Cl)c2)OC(CO)[C@H](O)[C@@H]1n1cc(-c2csc(N)n2)nn1. The third-order valence-electron chi connectivity index (χ3n) is 4.91. The smallest absolute Gasteiger partial charge is 0.180 e. The molecule has 0 aliphatic carbocycles. The maximum atomic E-state index is 13.8. The van der Waals surface area contributed by atoms with Crippen molar-refractivity contribution < 1.29 is 24.1 Å². The van der Waals surface area contributed by atoms with Crippen molar-refractivity contribution in [3.05, 3.63) is 39.6 Å². The van der Waals surface area contributed by atoms with E-state index in [4.69, 9.17) is 38.4 Å². The van der Waals surface area contributed by atoms with E-state index >= 15 is 0 Å². The molecule has 5 atom stereocenters. The minimum absolute atomic E-state index is 0.136. The van der Waals surface area contributed by atoms with Gasteiger partial charge in [0.25, 0.3) is 0 Å². The lowest BCUT2D eigenvalue weighted by Crippen LogP contribution is -2.55. The summed E-state index contributed by atoms with van der Waals surface area (Å²) in [5, 5.41) is 30.8. The Kier molecular flexibility index (Phi) is 7.22. The summed E-state index contributed by atoms with van der Waals surface area (Å²) in [6, 6.07) is 2.07. The predicted octanol–water partition coefficient (Wildman–Crippen LogP) is 2.86. The van der Waals surface area contributed by atoms with Gasteiger partial charge in [-0.3, -0.25) is 0 Å². The topological polar surface area (TPSA) is 129 Å². The number of aromatic nitrogens is 4. The Morgan fingerprint density at radius 3 is 2.66 bits per heavy atom. The van der Waals surface area contributed by atoms with E-state index in [0.29, 0.717) is 21.4 Å². The van der Waals surface area contributed by atoms with Crippen LogP contribution in [0.15, 0.2) is 28.6 Å². The molecule has 1 fully saturated rings. The zero-order valence-corrected chi connectivity index (χ0v) is 19.6. The molecular weight excluding hydrogens is 504 g/mol. The molecule has 32 heavy (non-hydrogen) atoms. The highest BCUT2D eigenvalue weighted by Gasteiger charge is 2.47. The fourth-order valence-corrected chi connectivity index (χ4v) is 5.81. The number of thiazole rings is 1. The standard InChI is InChI=1S/C18H18Cl2FN5O4S2/c1-29-16-14(26-4-10(24-25-26)11-6-31-18(22)23-11)15(28)12(5-27)30-17(16)32-7-2-8(19)13(21)9(20)3-7/h2-4,6,12,14-17,27-28H,5H2,1H3,(H2,22,23)/t12?,14-,15-,16?,17+/m0/s1. The molecule has 14 heteroatoms. The second-order valence-corrected chi connectivity index (χ2v) is 9.76. The Hall–Kier alpha value is -1.51. The second-order valence-electron chi connectivity index (χ2n) is 6.88. The summed E-state index contributed by atoms with van der Waals surface area (Å²) in [6.07, 6.45) is -1.20. The van der Waals surface area contributed by atoms with E-state index in [0.717, 1.165) is 0 Å². The van der Waals surface area contributed by atoms with Gasteiger partial charge in [0.1, 0.15) is 41.2 Å². The molecule has 1 saturated heterocycles. The van der Waals surface area contributed by atoms with Gasteiger partial charge in [0, 0.05) is 17.4 Å².